The Hall–Kier alpha value is -3.64. The summed E-state index contributed by atoms with van der Waals surface area (Å²) in [6.45, 7) is 0.534. The van der Waals surface area contributed by atoms with Crippen molar-refractivity contribution in [2.45, 2.75) is 32.0 Å². The predicted molar refractivity (Wildman–Crippen MR) is 125 cm³/mol. The summed E-state index contributed by atoms with van der Waals surface area (Å²) >= 11 is 0. The van der Waals surface area contributed by atoms with Crippen molar-refractivity contribution < 1.29 is 24.2 Å². The zero-order valence-corrected chi connectivity index (χ0v) is 18.3. The minimum atomic E-state index is -0.999. The fourth-order valence-electron chi connectivity index (χ4n) is 4.16. The summed E-state index contributed by atoms with van der Waals surface area (Å²) in [5.41, 5.74) is 4.52. The van der Waals surface area contributed by atoms with Crippen molar-refractivity contribution in [3.63, 3.8) is 0 Å². The van der Waals surface area contributed by atoms with Crippen molar-refractivity contribution in [3.05, 3.63) is 101 Å². The summed E-state index contributed by atoms with van der Waals surface area (Å²) < 4.78 is 11.2. The summed E-state index contributed by atoms with van der Waals surface area (Å²) in [5, 5.41) is 12.5. The summed E-state index contributed by atoms with van der Waals surface area (Å²) in [4.78, 5) is 24.1. The Morgan fingerprint density at radius 2 is 1.70 bits per heavy atom. The van der Waals surface area contributed by atoms with Gasteiger partial charge in [0.2, 0.25) is 0 Å². The molecule has 4 rings (SSSR count). The van der Waals surface area contributed by atoms with Crippen LogP contribution in [0, 0.1) is 5.92 Å². The van der Waals surface area contributed by atoms with Crippen LogP contribution in [0.2, 0.25) is 0 Å². The second-order valence-corrected chi connectivity index (χ2v) is 8.20. The summed E-state index contributed by atoms with van der Waals surface area (Å²) in [6, 6.07) is 24.4. The molecule has 0 spiro atoms. The number of rotatable bonds is 8. The van der Waals surface area contributed by atoms with Gasteiger partial charge in [-0.05, 0) is 53.5 Å². The Kier molecular flexibility index (Phi) is 7.37. The number of benzene rings is 3. The number of carbonyl (C=O) groups is 2. The van der Waals surface area contributed by atoms with E-state index >= 15 is 0 Å². The van der Waals surface area contributed by atoms with Crippen LogP contribution in [-0.4, -0.2) is 23.8 Å². The molecule has 0 bridgehead atoms. The monoisotopic (exact) mass is 445 g/mol. The van der Waals surface area contributed by atoms with E-state index in [0.29, 0.717) is 18.6 Å². The zero-order valence-electron chi connectivity index (χ0n) is 18.3. The number of carbonyl (C=O) groups excluding carboxylic acids is 1. The van der Waals surface area contributed by atoms with Gasteiger partial charge in [0, 0.05) is 5.69 Å². The molecule has 33 heavy (non-hydrogen) atoms. The molecule has 0 radical (unpaired) electrons. The van der Waals surface area contributed by atoms with E-state index in [1.807, 2.05) is 48.5 Å². The van der Waals surface area contributed by atoms with E-state index in [-0.39, 0.29) is 12.5 Å². The first-order chi connectivity index (χ1) is 16.1. The van der Waals surface area contributed by atoms with Crippen LogP contribution in [0.15, 0.2) is 78.9 Å². The van der Waals surface area contributed by atoms with Crippen molar-refractivity contribution in [2.24, 2.45) is 5.92 Å². The fourth-order valence-corrected chi connectivity index (χ4v) is 4.16. The average Bonchev–Trinajstić information content (AvgIpc) is 2.84. The van der Waals surface area contributed by atoms with E-state index in [4.69, 9.17) is 9.47 Å². The molecule has 2 N–H and O–H groups in total. The number of aryl methyl sites for hydroxylation is 1. The maximum Gasteiger partial charge on any atom is 0.411 e. The molecular formula is C27H27NO5. The van der Waals surface area contributed by atoms with Gasteiger partial charge < -0.3 is 14.6 Å². The van der Waals surface area contributed by atoms with Gasteiger partial charge >= 0.3 is 12.1 Å². The highest BCUT2D eigenvalue weighted by molar-refractivity contribution is 5.86. The molecule has 1 aliphatic rings. The van der Waals surface area contributed by atoms with Crippen LogP contribution in [0.4, 0.5) is 10.5 Å². The number of hydrogen-bond acceptors (Lipinski definition) is 4. The van der Waals surface area contributed by atoms with Crippen molar-refractivity contribution >= 4 is 17.7 Å². The van der Waals surface area contributed by atoms with E-state index in [2.05, 4.69) is 11.4 Å². The fraction of sp³-hybridized carbons (Fsp3) is 0.259. The highest BCUT2D eigenvalue weighted by Gasteiger charge is 2.26. The molecule has 3 aromatic rings. The number of fused-ring (bicyclic) bond motifs is 1. The number of hydrogen-bond donors (Lipinski definition) is 2. The molecule has 0 fully saturated rings. The third kappa shape index (κ3) is 5.99. The van der Waals surface area contributed by atoms with Gasteiger partial charge in [0.15, 0.2) is 6.10 Å². The number of carboxylic acid groups (broad SMARTS) is 1. The van der Waals surface area contributed by atoms with Gasteiger partial charge in [-0.25, -0.2) is 9.59 Å². The van der Waals surface area contributed by atoms with Crippen LogP contribution in [0.3, 0.4) is 0 Å². The molecule has 0 heterocycles. The SMILES string of the molecule is O=C(Nc1cccc2c1CC(CO[C@@H](C(=O)O)c1ccccc1)CC2)OCc1ccccc1. The lowest BCUT2D eigenvalue weighted by molar-refractivity contribution is -0.151. The number of ether oxygens (including phenoxy) is 2. The number of aliphatic carboxylic acids is 1. The number of nitrogens with one attached hydrogen (secondary N) is 1. The van der Waals surface area contributed by atoms with Crippen LogP contribution in [0.5, 0.6) is 0 Å². The minimum absolute atomic E-state index is 0.159. The first-order valence-electron chi connectivity index (χ1n) is 11.1. The molecule has 1 aliphatic carbocycles. The maximum absolute atomic E-state index is 12.4. The second-order valence-electron chi connectivity index (χ2n) is 8.20. The van der Waals surface area contributed by atoms with Gasteiger partial charge in [-0.3, -0.25) is 5.32 Å². The van der Waals surface area contributed by atoms with Gasteiger partial charge in [0.1, 0.15) is 6.61 Å². The highest BCUT2D eigenvalue weighted by atomic mass is 16.5. The molecule has 0 aliphatic heterocycles. The van der Waals surface area contributed by atoms with E-state index in [1.165, 1.54) is 5.56 Å². The van der Waals surface area contributed by atoms with E-state index < -0.39 is 18.2 Å². The van der Waals surface area contributed by atoms with E-state index in [9.17, 15) is 14.7 Å². The van der Waals surface area contributed by atoms with Crippen LogP contribution < -0.4 is 5.32 Å². The van der Waals surface area contributed by atoms with Gasteiger partial charge in [0.05, 0.1) is 6.61 Å². The van der Waals surface area contributed by atoms with Crippen molar-refractivity contribution in [2.75, 3.05) is 11.9 Å². The normalized spacial score (nSPS) is 15.8. The third-order valence-electron chi connectivity index (χ3n) is 5.86. The molecule has 170 valence electrons. The van der Waals surface area contributed by atoms with Crippen LogP contribution >= 0.6 is 0 Å². The Balaban J connectivity index is 1.37. The molecule has 0 saturated heterocycles. The number of amides is 1. The molecule has 1 amide bonds. The minimum Gasteiger partial charge on any atom is -0.479 e. The largest absolute Gasteiger partial charge is 0.479 e. The molecule has 6 nitrogen and oxygen atoms in total. The Labute approximate surface area is 193 Å². The summed E-state index contributed by atoms with van der Waals surface area (Å²) in [6.07, 6.45) is 0.956. The maximum atomic E-state index is 12.4. The highest BCUT2D eigenvalue weighted by Crippen LogP contribution is 2.32. The molecule has 2 atom stereocenters. The first-order valence-corrected chi connectivity index (χ1v) is 11.1. The van der Waals surface area contributed by atoms with Crippen molar-refractivity contribution in [1.29, 1.82) is 0 Å². The quantitative estimate of drug-likeness (QED) is 0.486. The van der Waals surface area contributed by atoms with E-state index in [1.54, 1.807) is 24.3 Å². The molecule has 3 aromatic carbocycles. The Bertz CT molecular complexity index is 1080. The summed E-state index contributed by atoms with van der Waals surface area (Å²) in [5.74, 6) is -0.840. The second kappa shape index (κ2) is 10.8. The Morgan fingerprint density at radius 1 is 0.970 bits per heavy atom. The van der Waals surface area contributed by atoms with Gasteiger partial charge in [-0.2, -0.15) is 0 Å². The lowest BCUT2D eigenvalue weighted by Crippen LogP contribution is -2.25. The zero-order chi connectivity index (χ0) is 23.0. The molecule has 6 heteroatoms. The van der Waals surface area contributed by atoms with Crippen molar-refractivity contribution in [1.82, 2.24) is 0 Å². The molecule has 1 unspecified atom stereocenters. The predicted octanol–water partition coefficient (Wildman–Crippen LogP) is 5.38. The lowest BCUT2D eigenvalue weighted by atomic mass is 9.83. The standard InChI is InChI=1S/C27H27NO5/c29-26(30)25(22-10-5-2-6-11-22)32-18-20-14-15-21-12-7-13-24(23(21)16-20)28-27(31)33-17-19-8-3-1-4-9-19/h1-13,20,25H,14-18H2,(H,28,31)(H,29,30)/t20?,25-/m1/s1. The van der Waals surface area contributed by atoms with Gasteiger partial charge in [0.25, 0.3) is 0 Å². The average molecular weight is 446 g/mol. The number of carboxylic acids is 1. The third-order valence-corrected chi connectivity index (χ3v) is 5.86. The number of anilines is 1. The Morgan fingerprint density at radius 3 is 2.42 bits per heavy atom. The van der Waals surface area contributed by atoms with Crippen LogP contribution in [0.25, 0.3) is 0 Å². The lowest BCUT2D eigenvalue weighted by Gasteiger charge is -2.27. The molecule has 0 aromatic heterocycles. The van der Waals surface area contributed by atoms with E-state index in [0.717, 1.165) is 29.7 Å². The molecular weight excluding hydrogens is 418 g/mol. The summed E-state index contributed by atoms with van der Waals surface area (Å²) in [7, 11) is 0. The van der Waals surface area contributed by atoms with Crippen LogP contribution in [-0.2, 0) is 33.7 Å². The smallest absolute Gasteiger partial charge is 0.411 e. The molecule has 0 saturated carbocycles. The van der Waals surface area contributed by atoms with Crippen molar-refractivity contribution in [3.8, 4) is 0 Å². The van der Waals surface area contributed by atoms with Gasteiger partial charge in [-0.1, -0.05) is 72.8 Å². The van der Waals surface area contributed by atoms with Gasteiger partial charge in [-0.15, -0.1) is 0 Å². The topological polar surface area (TPSA) is 84.9 Å². The van der Waals surface area contributed by atoms with Crippen LogP contribution in [0.1, 0.15) is 34.8 Å². The first kappa shape index (κ1) is 22.6.